The number of amides is 1. The fourth-order valence-electron chi connectivity index (χ4n) is 0.286. The SMILES string of the molecule is CCO[P+](=O)OCC(=O)NO. The maximum absolute atomic E-state index is 10.5. The predicted molar refractivity (Wildman–Crippen MR) is 35.1 cm³/mol. The smallest absolute Gasteiger partial charge is 0.289 e. The number of carbonyl (C=O) groups is 1. The third-order valence-corrected chi connectivity index (χ3v) is 1.47. The molecule has 0 bridgehead atoms. The van der Waals surface area contributed by atoms with Gasteiger partial charge >= 0.3 is 8.25 Å². The Balaban J connectivity index is 3.38. The molecule has 64 valence electrons. The highest BCUT2D eigenvalue weighted by atomic mass is 31.1. The molecule has 7 heteroatoms. The molecular formula is C4H9NO5P+. The zero-order valence-electron chi connectivity index (χ0n) is 5.94. The van der Waals surface area contributed by atoms with Crippen LogP contribution in [0.4, 0.5) is 0 Å². The van der Waals surface area contributed by atoms with Gasteiger partial charge < -0.3 is 0 Å². The van der Waals surface area contributed by atoms with Gasteiger partial charge in [0.05, 0.1) is 0 Å². The standard InChI is InChI=1S/C4H8NO5P/c1-2-9-11(8)10-3-4(6)5-7/h2-3H2,1H3,(H-,5,6,7)/p+1. The number of nitrogens with one attached hydrogen (secondary N) is 1. The first kappa shape index (κ1) is 10.4. The quantitative estimate of drug-likeness (QED) is 0.360. The second-order valence-corrected chi connectivity index (χ2v) is 2.41. The molecule has 0 aliphatic heterocycles. The van der Waals surface area contributed by atoms with Gasteiger partial charge in [0, 0.05) is 4.57 Å². The minimum absolute atomic E-state index is 0.246. The number of hydrogen-bond acceptors (Lipinski definition) is 5. The van der Waals surface area contributed by atoms with Crippen LogP contribution in [0.1, 0.15) is 6.92 Å². The van der Waals surface area contributed by atoms with E-state index in [4.69, 9.17) is 5.21 Å². The van der Waals surface area contributed by atoms with Gasteiger partial charge in [0.15, 0.2) is 6.61 Å². The zero-order chi connectivity index (χ0) is 8.69. The zero-order valence-corrected chi connectivity index (χ0v) is 6.84. The number of hydrogen-bond donors (Lipinski definition) is 2. The topological polar surface area (TPSA) is 84.9 Å². The van der Waals surface area contributed by atoms with Gasteiger partial charge in [-0.1, -0.05) is 0 Å². The molecule has 1 atom stereocenters. The first-order valence-corrected chi connectivity index (χ1v) is 3.96. The predicted octanol–water partition coefficient (Wildman–Crippen LogP) is 0.202. The molecule has 0 radical (unpaired) electrons. The molecule has 0 aliphatic carbocycles. The van der Waals surface area contributed by atoms with Crippen LogP contribution in [0.15, 0.2) is 0 Å². The van der Waals surface area contributed by atoms with Gasteiger partial charge in [0.2, 0.25) is 0 Å². The van der Waals surface area contributed by atoms with E-state index in [-0.39, 0.29) is 6.61 Å². The van der Waals surface area contributed by atoms with Crippen LogP contribution in [0.2, 0.25) is 0 Å². The summed E-state index contributed by atoms with van der Waals surface area (Å²) in [7, 11) is -2.24. The Morgan fingerprint density at radius 1 is 1.64 bits per heavy atom. The maximum atomic E-state index is 10.5. The van der Waals surface area contributed by atoms with Crippen molar-refractivity contribution in [3.63, 3.8) is 0 Å². The van der Waals surface area contributed by atoms with Crippen LogP contribution in [-0.4, -0.2) is 24.3 Å². The monoisotopic (exact) mass is 182 g/mol. The minimum Gasteiger partial charge on any atom is -0.289 e. The van der Waals surface area contributed by atoms with E-state index < -0.39 is 20.8 Å². The van der Waals surface area contributed by atoms with Crippen LogP contribution in [0.25, 0.3) is 0 Å². The summed E-state index contributed by atoms with van der Waals surface area (Å²) in [4.78, 5) is 10.3. The van der Waals surface area contributed by atoms with Gasteiger partial charge in [-0.25, -0.2) is 5.48 Å². The van der Waals surface area contributed by atoms with E-state index in [9.17, 15) is 9.36 Å². The molecule has 1 amide bonds. The minimum atomic E-state index is -2.24. The second-order valence-electron chi connectivity index (χ2n) is 1.45. The summed E-state index contributed by atoms with van der Waals surface area (Å²) in [5.74, 6) is -0.770. The van der Waals surface area contributed by atoms with E-state index in [1.54, 1.807) is 6.92 Å². The molecule has 0 saturated heterocycles. The van der Waals surface area contributed by atoms with Crippen LogP contribution in [0.5, 0.6) is 0 Å². The van der Waals surface area contributed by atoms with Crippen LogP contribution in [0.3, 0.4) is 0 Å². The largest absolute Gasteiger partial charge is 0.697 e. The van der Waals surface area contributed by atoms with Crippen LogP contribution in [0, 0.1) is 0 Å². The summed E-state index contributed by atoms with van der Waals surface area (Å²) in [6.45, 7) is 1.41. The molecule has 0 rings (SSSR count). The lowest BCUT2D eigenvalue weighted by Gasteiger charge is -1.89. The molecule has 0 heterocycles. The van der Waals surface area contributed by atoms with E-state index in [0.29, 0.717) is 0 Å². The molecule has 0 fully saturated rings. The summed E-state index contributed by atoms with van der Waals surface area (Å²) in [5, 5.41) is 7.96. The Bertz CT molecular complexity index is 149. The molecule has 0 aromatic carbocycles. The van der Waals surface area contributed by atoms with E-state index in [1.165, 1.54) is 5.48 Å². The summed E-state index contributed by atoms with van der Waals surface area (Å²) in [6, 6.07) is 0. The molecule has 6 nitrogen and oxygen atoms in total. The van der Waals surface area contributed by atoms with Gasteiger partial charge in [0.1, 0.15) is 6.61 Å². The fourth-order valence-corrected chi connectivity index (χ4v) is 0.794. The molecular weight excluding hydrogens is 173 g/mol. The Kier molecular flexibility index (Phi) is 5.87. The lowest BCUT2D eigenvalue weighted by molar-refractivity contribution is -0.131. The summed E-state index contributed by atoms with van der Waals surface area (Å²) in [6.07, 6.45) is 0. The van der Waals surface area contributed by atoms with Crippen molar-refractivity contribution in [1.82, 2.24) is 5.48 Å². The molecule has 0 aliphatic rings. The van der Waals surface area contributed by atoms with Gasteiger partial charge in [0.25, 0.3) is 5.91 Å². The summed E-state index contributed by atoms with van der Waals surface area (Å²) in [5.41, 5.74) is 1.31. The van der Waals surface area contributed by atoms with Gasteiger partial charge in [-0.15, -0.1) is 9.05 Å². The van der Waals surface area contributed by atoms with E-state index in [1.807, 2.05) is 0 Å². The van der Waals surface area contributed by atoms with E-state index in [0.717, 1.165) is 0 Å². The van der Waals surface area contributed by atoms with Crippen molar-refractivity contribution >= 4 is 14.2 Å². The van der Waals surface area contributed by atoms with Crippen LogP contribution >= 0.6 is 8.25 Å². The maximum Gasteiger partial charge on any atom is 0.697 e. The fraction of sp³-hybridized carbons (Fsp3) is 0.750. The molecule has 11 heavy (non-hydrogen) atoms. The van der Waals surface area contributed by atoms with Gasteiger partial charge in [-0.05, 0) is 6.92 Å². The average molecular weight is 182 g/mol. The molecule has 2 N–H and O–H groups in total. The third-order valence-electron chi connectivity index (χ3n) is 0.660. The Morgan fingerprint density at radius 3 is 2.73 bits per heavy atom. The Hall–Kier alpha value is -0.550. The molecule has 0 aromatic rings. The van der Waals surface area contributed by atoms with Crippen molar-refractivity contribution < 1.29 is 23.6 Å². The van der Waals surface area contributed by atoms with Gasteiger partial charge in [-0.2, -0.15) is 0 Å². The first-order valence-electron chi connectivity index (χ1n) is 2.86. The molecule has 0 saturated carbocycles. The normalized spacial score (nSPS) is 10.9. The Morgan fingerprint density at radius 2 is 2.27 bits per heavy atom. The number of carbonyl (C=O) groups excluding carboxylic acids is 1. The highest BCUT2D eigenvalue weighted by Crippen LogP contribution is 2.22. The highest BCUT2D eigenvalue weighted by molar-refractivity contribution is 7.33. The molecule has 1 unspecified atom stereocenters. The van der Waals surface area contributed by atoms with Crippen molar-refractivity contribution in [3.05, 3.63) is 0 Å². The lowest BCUT2D eigenvalue weighted by Crippen LogP contribution is -2.22. The second kappa shape index (κ2) is 6.18. The average Bonchev–Trinajstić information content (AvgIpc) is 2.01. The third kappa shape index (κ3) is 5.87. The van der Waals surface area contributed by atoms with Crippen LogP contribution < -0.4 is 5.48 Å². The van der Waals surface area contributed by atoms with Crippen molar-refractivity contribution in [2.24, 2.45) is 0 Å². The van der Waals surface area contributed by atoms with Crippen molar-refractivity contribution in [2.75, 3.05) is 13.2 Å². The number of hydroxylamine groups is 1. The molecule has 0 spiro atoms. The van der Waals surface area contributed by atoms with Gasteiger partial charge in [-0.3, -0.25) is 10.0 Å². The van der Waals surface area contributed by atoms with E-state index in [2.05, 4.69) is 9.05 Å². The lowest BCUT2D eigenvalue weighted by atomic mass is 10.7. The van der Waals surface area contributed by atoms with E-state index >= 15 is 0 Å². The molecule has 0 aromatic heterocycles. The van der Waals surface area contributed by atoms with Crippen molar-refractivity contribution in [2.45, 2.75) is 6.92 Å². The summed E-state index contributed by atoms with van der Waals surface area (Å²) < 4.78 is 19.3. The highest BCUT2D eigenvalue weighted by Gasteiger charge is 2.20. The van der Waals surface area contributed by atoms with Crippen molar-refractivity contribution in [1.29, 1.82) is 0 Å². The van der Waals surface area contributed by atoms with Crippen molar-refractivity contribution in [3.8, 4) is 0 Å². The van der Waals surface area contributed by atoms with Crippen LogP contribution in [-0.2, 0) is 18.4 Å². The Labute approximate surface area is 64.4 Å². The number of rotatable bonds is 5. The summed E-state index contributed by atoms with van der Waals surface area (Å²) >= 11 is 0. The first-order chi connectivity index (χ1) is 5.20.